The Morgan fingerprint density at radius 2 is 2.11 bits per heavy atom. The molecule has 0 saturated carbocycles. The molecule has 6 nitrogen and oxygen atoms in total. The van der Waals surface area contributed by atoms with Crippen LogP contribution < -0.4 is 13.8 Å². The predicted octanol–water partition coefficient (Wildman–Crippen LogP) is 1.70. The van der Waals surface area contributed by atoms with E-state index in [2.05, 4.69) is 4.98 Å². The zero-order valence-corrected chi connectivity index (χ0v) is 11.6. The number of thiazole rings is 1. The fourth-order valence-electron chi connectivity index (χ4n) is 1.67. The second kappa shape index (κ2) is 4.39. The molecule has 19 heavy (non-hydrogen) atoms. The molecule has 0 bridgehead atoms. The van der Waals surface area contributed by atoms with Crippen molar-refractivity contribution in [1.29, 1.82) is 0 Å². The van der Waals surface area contributed by atoms with Gasteiger partial charge in [0.1, 0.15) is 0 Å². The van der Waals surface area contributed by atoms with Gasteiger partial charge >= 0.3 is 0 Å². The molecule has 1 aliphatic rings. The summed E-state index contributed by atoms with van der Waals surface area (Å²) < 4.78 is 36.3. The van der Waals surface area contributed by atoms with Crippen molar-refractivity contribution in [2.75, 3.05) is 18.1 Å². The summed E-state index contributed by atoms with van der Waals surface area (Å²) in [5.74, 6) is 0.990. The predicted molar refractivity (Wildman–Crippen MR) is 70.3 cm³/mol. The molecule has 3 rings (SSSR count). The summed E-state index contributed by atoms with van der Waals surface area (Å²) in [5.41, 5.74) is 0. The number of anilines is 1. The largest absolute Gasteiger partial charge is 0.454 e. The van der Waals surface area contributed by atoms with Crippen LogP contribution in [0.2, 0.25) is 0 Å². The van der Waals surface area contributed by atoms with Crippen LogP contribution >= 0.6 is 11.3 Å². The van der Waals surface area contributed by atoms with Gasteiger partial charge in [-0.25, -0.2) is 17.7 Å². The topological polar surface area (TPSA) is 68.7 Å². The normalized spacial score (nSPS) is 13.5. The summed E-state index contributed by atoms with van der Waals surface area (Å²) in [6.07, 6.45) is 1.56. The second-order valence-corrected chi connectivity index (χ2v) is 6.64. The van der Waals surface area contributed by atoms with Crippen LogP contribution in [0.15, 0.2) is 34.7 Å². The van der Waals surface area contributed by atoms with Crippen LogP contribution in [0, 0.1) is 0 Å². The van der Waals surface area contributed by atoms with E-state index < -0.39 is 10.0 Å². The molecule has 0 fully saturated rings. The zero-order chi connectivity index (χ0) is 13.5. The lowest BCUT2D eigenvalue weighted by molar-refractivity contribution is 0.174. The van der Waals surface area contributed by atoms with E-state index in [9.17, 15) is 8.42 Å². The number of nitrogens with zero attached hydrogens (tertiary/aromatic N) is 2. The summed E-state index contributed by atoms with van der Waals surface area (Å²) in [5, 5.41) is 2.14. The summed E-state index contributed by atoms with van der Waals surface area (Å²) >= 11 is 1.26. The number of fused-ring (bicyclic) bond motifs is 1. The van der Waals surface area contributed by atoms with Crippen LogP contribution in [0.25, 0.3) is 0 Å². The van der Waals surface area contributed by atoms with Crippen molar-refractivity contribution in [1.82, 2.24) is 4.98 Å². The summed E-state index contributed by atoms with van der Waals surface area (Å²) in [6, 6.07) is 4.54. The van der Waals surface area contributed by atoms with E-state index in [0.717, 1.165) is 4.31 Å². The molecule has 100 valence electrons. The smallest absolute Gasteiger partial charge is 0.265 e. The zero-order valence-electron chi connectivity index (χ0n) is 9.94. The van der Waals surface area contributed by atoms with Gasteiger partial charge in [0.25, 0.3) is 10.0 Å². The van der Waals surface area contributed by atoms with Gasteiger partial charge in [0, 0.05) is 24.7 Å². The van der Waals surface area contributed by atoms with E-state index in [-0.39, 0.29) is 11.7 Å². The quantitative estimate of drug-likeness (QED) is 0.862. The van der Waals surface area contributed by atoms with Crippen LogP contribution in [0.5, 0.6) is 11.5 Å². The Morgan fingerprint density at radius 3 is 2.84 bits per heavy atom. The summed E-state index contributed by atoms with van der Waals surface area (Å²) in [6.45, 7) is 0.112. The first kappa shape index (κ1) is 12.2. The molecule has 1 aromatic heterocycles. The first-order valence-electron chi connectivity index (χ1n) is 5.37. The number of hydrogen-bond donors (Lipinski definition) is 0. The van der Waals surface area contributed by atoms with Crippen LogP contribution in [-0.2, 0) is 10.0 Å². The SMILES string of the molecule is CN(c1nccs1)S(=O)(=O)c1ccc2c(c1)OCO2. The van der Waals surface area contributed by atoms with Crippen LogP contribution in [0.1, 0.15) is 0 Å². The molecule has 1 aliphatic heterocycles. The highest BCUT2D eigenvalue weighted by atomic mass is 32.2. The number of rotatable bonds is 3. The van der Waals surface area contributed by atoms with Gasteiger partial charge in [-0.3, -0.25) is 0 Å². The van der Waals surface area contributed by atoms with Gasteiger partial charge in [-0.15, -0.1) is 11.3 Å². The van der Waals surface area contributed by atoms with E-state index in [4.69, 9.17) is 9.47 Å². The van der Waals surface area contributed by atoms with Gasteiger partial charge < -0.3 is 9.47 Å². The lowest BCUT2D eigenvalue weighted by Crippen LogP contribution is -2.26. The highest BCUT2D eigenvalue weighted by Crippen LogP contribution is 2.35. The standard InChI is InChI=1S/C11H10N2O4S2/c1-13(11-12-4-5-18-11)19(14,15)8-2-3-9-10(6-8)17-7-16-9/h2-6H,7H2,1H3. The maximum Gasteiger partial charge on any atom is 0.265 e. The molecular weight excluding hydrogens is 288 g/mol. The number of hydrogen-bond acceptors (Lipinski definition) is 6. The fourth-order valence-corrected chi connectivity index (χ4v) is 3.67. The minimum absolute atomic E-state index is 0.112. The van der Waals surface area contributed by atoms with Crippen LogP contribution in [0.3, 0.4) is 0 Å². The third-order valence-electron chi connectivity index (χ3n) is 2.69. The highest BCUT2D eigenvalue weighted by Gasteiger charge is 2.25. The van der Waals surface area contributed by atoms with E-state index >= 15 is 0 Å². The van der Waals surface area contributed by atoms with Crippen molar-refractivity contribution in [2.24, 2.45) is 0 Å². The Kier molecular flexibility index (Phi) is 2.83. The Hall–Kier alpha value is -1.80. The maximum atomic E-state index is 12.4. The van der Waals surface area contributed by atoms with Gasteiger partial charge in [0.05, 0.1) is 4.90 Å². The fraction of sp³-hybridized carbons (Fsp3) is 0.182. The first-order chi connectivity index (χ1) is 9.09. The second-order valence-electron chi connectivity index (χ2n) is 3.80. The van der Waals surface area contributed by atoms with Crippen molar-refractivity contribution >= 4 is 26.5 Å². The monoisotopic (exact) mass is 298 g/mol. The lowest BCUT2D eigenvalue weighted by atomic mass is 10.3. The Morgan fingerprint density at radius 1 is 1.32 bits per heavy atom. The van der Waals surface area contributed by atoms with Crippen molar-refractivity contribution in [3.05, 3.63) is 29.8 Å². The molecule has 0 spiro atoms. The minimum atomic E-state index is -3.64. The van der Waals surface area contributed by atoms with Gasteiger partial charge in [0.15, 0.2) is 16.6 Å². The molecule has 8 heteroatoms. The number of sulfonamides is 1. The molecule has 0 amide bonds. The number of aromatic nitrogens is 1. The van der Waals surface area contributed by atoms with E-state index in [1.807, 2.05) is 0 Å². The number of ether oxygens (including phenoxy) is 2. The van der Waals surface area contributed by atoms with Crippen molar-refractivity contribution in [2.45, 2.75) is 4.90 Å². The first-order valence-corrected chi connectivity index (χ1v) is 7.69. The maximum absolute atomic E-state index is 12.4. The molecule has 2 aromatic rings. The van der Waals surface area contributed by atoms with Crippen molar-refractivity contribution in [3.8, 4) is 11.5 Å². The summed E-state index contributed by atoms with van der Waals surface area (Å²) in [4.78, 5) is 4.14. The average molecular weight is 298 g/mol. The Balaban J connectivity index is 2.01. The molecule has 0 unspecified atom stereocenters. The lowest BCUT2D eigenvalue weighted by Gasteiger charge is -2.16. The van der Waals surface area contributed by atoms with Crippen LogP contribution in [0.4, 0.5) is 5.13 Å². The van der Waals surface area contributed by atoms with Gasteiger partial charge in [-0.1, -0.05) is 0 Å². The van der Waals surface area contributed by atoms with Gasteiger partial charge in [-0.05, 0) is 12.1 Å². The number of benzene rings is 1. The Bertz CT molecular complexity index is 697. The molecule has 0 N–H and O–H groups in total. The average Bonchev–Trinajstić information content (AvgIpc) is 3.07. The van der Waals surface area contributed by atoms with E-state index in [1.54, 1.807) is 17.6 Å². The van der Waals surface area contributed by atoms with Gasteiger partial charge in [-0.2, -0.15) is 0 Å². The van der Waals surface area contributed by atoms with Crippen molar-refractivity contribution in [3.63, 3.8) is 0 Å². The molecule has 1 aromatic carbocycles. The minimum Gasteiger partial charge on any atom is -0.454 e. The molecule has 2 heterocycles. The molecule has 0 radical (unpaired) electrons. The molecular formula is C11H10N2O4S2. The third kappa shape index (κ3) is 2.02. The Labute approximate surface area is 114 Å². The highest BCUT2D eigenvalue weighted by molar-refractivity contribution is 7.93. The molecule has 0 aliphatic carbocycles. The molecule has 0 atom stereocenters. The third-order valence-corrected chi connectivity index (χ3v) is 5.40. The van der Waals surface area contributed by atoms with Crippen molar-refractivity contribution < 1.29 is 17.9 Å². The van der Waals surface area contributed by atoms with Gasteiger partial charge in [0.2, 0.25) is 6.79 Å². The molecule has 0 saturated heterocycles. The summed E-state index contributed by atoms with van der Waals surface area (Å²) in [7, 11) is -2.17. The van der Waals surface area contributed by atoms with Crippen LogP contribution in [-0.4, -0.2) is 27.2 Å². The van der Waals surface area contributed by atoms with E-state index in [1.165, 1.54) is 30.5 Å². The van der Waals surface area contributed by atoms with E-state index in [0.29, 0.717) is 16.6 Å².